The molecule has 0 fully saturated rings. The third kappa shape index (κ3) is 1.67. The van der Waals surface area contributed by atoms with Crippen molar-refractivity contribution in [3.05, 3.63) is 16.8 Å². The maximum absolute atomic E-state index is 8.98. The number of nitriles is 1. The van der Waals surface area contributed by atoms with Gasteiger partial charge in [-0.3, -0.25) is 0 Å². The predicted molar refractivity (Wildman–Crippen MR) is 52.1 cm³/mol. The Labute approximate surface area is 83.5 Å². The van der Waals surface area contributed by atoms with Crippen molar-refractivity contribution in [1.29, 1.82) is 5.26 Å². The van der Waals surface area contributed by atoms with Crippen LogP contribution in [0.3, 0.4) is 0 Å². The average molecular weight is 191 g/mol. The van der Waals surface area contributed by atoms with Gasteiger partial charge in [0.25, 0.3) is 5.88 Å². The van der Waals surface area contributed by atoms with E-state index in [-0.39, 0.29) is 0 Å². The highest BCUT2D eigenvalue weighted by molar-refractivity contribution is 5.46. The van der Waals surface area contributed by atoms with E-state index in [0.29, 0.717) is 11.4 Å². The third-order valence-electron chi connectivity index (χ3n) is 2.12. The van der Waals surface area contributed by atoms with Crippen LogP contribution < -0.4 is 4.74 Å². The Balaban J connectivity index is 3.38. The topological polar surface area (TPSA) is 58.8 Å². The van der Waals surface area contributed by atoms with Gasteiger partial charge < -0.3 is 4.74 Å². The van der Waals surface area contributed by atoms with E-state index in [1.54, 1.807) is 0 Å². The summed E-state index contributed by atoms with van der Waals surface area (Å²) in [5.74, 6) is 0.321. The van der Waals surface area contributed by atoms with Crippen LogP contribution in [0.25, 0.3) is 0 Å². The molecule has 0 aliphatic carbocycles. The van der Waals surface area contributed by atoms with Crippen molar-refractivity contribution in [2.45, 2.75) is 26.7 Å². The van der Waals surface area contributed by atoms with E-state index in [0.717, 1.165) is 24.1 Å². The van der Waals surface area contributed by atoms with E-state index in [9.17, 15) is 0 Å². The standard InChI is InChI=1S/C10H13N3O/c1-4-7-8(6-11)10(14-3)13-12-9(7)5-2/h4-5H2,1-3H3. The lowest BCUT2D eigenvalue weighted by Gasteiger charge is -2.08. The van der Waals surface area contributed by atoms with Crippen LogP contribution in [-0.4, -0.2) is 17.3 Å². The molecule has 0 bridgehead atoms. The minimum absolute atomic E-state index is 0.321. The van der Waals surface area contributed by atoms with Crippen LogP contribution >= 0.6 is 0 Å². The molecule has 0 atom stereocenters. The molecule has 1 rings (SSSR count). The molecule has 0 N–H and O–H groups in total. The lowest BCUT2D eigenvalue weighted by Crippen LogP contribution is -2.05. The summed E-state index contributed by atoms with van der Waals surface area (Å²) in [6.07, 6.45) is 1.56. The molecule has 1 aromatic rings. The first-order valence-electron chi connectivity index (χ1n) is 4.60. The van der Waals surface area contributed by atoms with Gasteiger partial charge in [0.1, 0.15) is 11.6 Å². The van der Waals surface area contributed by atoms with Gasteiger partial charge in [0.2, 0.25) is 0 Å². The first-order chi connectivity index (χ1) is 6.78. The molecule has 0 saturated heterocycles. The summed E-state index contributed by atoms with van der Waals surface area (Å²) in [5.41, 5.74) is 2.34. The summed E-state index contributed by atoms with van der Waals surface area (Å²) in [6.45, 7) is 3.99. The zero-order valence-electron chi connectivity index (χ0n) is 8.66. The van der Waals surface area contributed by atoms with Crippen LogP contribution in [0.4, 0.5) is 0 Å². The van der Waals surface area contributed by atoms with Gasteiger partial charge in [0, 0.05) is 0 Å². The molecule has 0 aromatic carbocycles. The monoisotopic (exact) mass is 191 g/mol. The number of hydrogen-bond acceptors (Lipinski definition) is 4. The lowest BCUT2D eigenvalue weighted by molar-refractivity contribution is 0.388. The molecule has 1 aromatic heterocycles. The molecular weight excluding hydrogens is 178 g/mol. The fourth-order valence-corrected chi connectivity index (χ4v) is 1.41. The molecule has 0 aliphatic heterocycles. The summed E-state index contributed by atoms with van der Waals surface area (Å²) in [6, 6.07) is 2.11. The van der Waals surface area contributed by atoms with Gasteiger partial charge in [-0.15, -0.1) is 5.10 Å². The van der Waals surface area contributed by atoms with E-state index in [1.165, 1.54) is 7.11 Å². The third-order valence-corrected chi connectivity index (χ3v) is 2.12. The van der Waals surface area contributed by atoms with Crippen LogP contribution in [0.5, 0.6) is 5.88 Å². The maximum atomic E-state index is 8.98. The molecule has 1 heterocycles. The van der Waals surface area contributed by atoms with Gasteiger partial charge in [0.15, 0.2) is 0 Å². The first-order valence-corrected chi connectivity index (χ1v) is 4.60. The highest BCUT2D eigenvalue weighted by atomic mass is 16.5. The fourth-order valence-electron chi connectivity index (χ4n) is 1.41. The minimum Gasteiger partial charge on any atom is -0.479 e. The van der Waals surface area contributed by atoms with Gasteiger partial charge in [-0.25, -0.2) is 0 Å². The van der Waals surface area contributed by atoms with Gasteiger partial charge in [0.05, 0.1) is 12.8 Å². The van der Waals surface area contributed by atoms with Crippen molar-refractivity contribution < 1.29 is 4.74 Å². The molecule has 0 spiro atoms. The summed E-state index contributed by atoms with van der Waals surface area (Å²) in [4.78, 5) is 0. The molecule has 0 aliphatic rings. The van der Waals surface area contributed by atoms with Crippen molar-refractivity contribution >= 4 is 0 Å². The van der Waals surface area contributed by atoms with E-state index >= 15 is 0 Å². The summed E-state index contributed by atoms with van der Waals surface area (Å²) < 4.78 is 4.98. The van der Waals surface area contributed by atoms with Gasteiger partial charge in [-0.05, 0) is 18.4 Å². The number of nitrogens with zero attached hydrogens (tertiary/aromatic N) is 3. The van der Waals surface area contributed by atoms with Crippen molar-refractivity contribution in [1.82, 2.24) is 10.2 Å². The van der Waals surface area contributed by atoms with Gasteiger partial charge in [-0.1, -0.05) is 13.8 Å². The Hall–Kier alpha value is -1.63. The molecule has 4 heteroatoms. The van der Waals surface area contributed by atoms with Crippen molar-refractivity contribution in [3.8, 4) is 11.9 Å². The number of aryl methyl sites for hydroxylation is 1. The first kappa shape index (κ1) is 10.5. The second kappa shape index (κ2) is 4.56. The Bertz CT molecular complexity index is 368. The highest BCUT2D eigenvalue weighted by Gasteiger charge is 2.13. The Morgan fingerprint density at radius 3 is 2.43 bits per heavy atom. The van der Waals surface area contributed by atoms with Crippen LogP contribution in [0.1, 0.15) is 30.7 Å². The van der Waals surface area contributed by atoms with Crippen LogP contribution in [0.15, 0.2) is 0 Å². The Morgan fingerprint density at radius 1 is 1.29 bits per heavy atom. The molecule has 0 radical (unpaired) electrons. The van der Waals surface area contributed by atoms with E-state index < -0.39 is 0 Å². The fraction of sp³-hybridized carbons (Fsp3) is 0.500. The van der Waals surface area contributed by atoms with Crippen LogP contribution in [0.2, 0.25) is 0 Å². The molecule has 14 heavy (non-hydrogen) atoms. The van der Waals surface area contributed by atoms with E-state index in [2.05, 4.69) is 16.3 Å². The zero-order chi connectivity index (χ0) is 10.6. The normalized spacial score (nSPS) is 9.57. The zero-order valence-corrected chi connectivity index (χ0v) is 8.66. The molecule has 0 amide bonds. The largest absolute Gasteiger partial charge is 0.479 e. The lowest BCUT2D eigenvalue weighted by atomic mass is 10.0. The minimum atomic E-state index is 0.321. The van der Waals surface area contributed by atoms with Gasteiger partial charge >= 0.3 is 0 Å². The number of aromatic nitrogens is 2. The average Bonchev–Trinajstić information content (AvgIpc) is 2.26. The molecule has 0 unspecified atom stereocenters. The van der Waals surface area contributed by atoms with Crippen molar-refractivity contribution in [2.24, 2.45) is 0 Å². The number of methoxy groups -OCH3 is 1. The summed E-state index contributed by atoms with van der Waals surface area (Å²) in [7, 11) is 1.50. The summed E-state index contributed by atoms with van der Waals surface area (Å²) in [5, 5.41) is 16.9. The van der Waals surface area contributed by atoms with Crippen molar-refractivity contribution in [2.75, 3.05) is 7.11 Å². The second-order valence-electron chi connectivity index (χ2n) is 2.83. The molecular formula is C10H13N3O. The van der Waals surface area contributed by atoms with Crippen molar-refractivity contribution in [3.63, 3.8) is 0 Å². The quantitative estimate of drug-likeness (QED) is 0.726. The smallest absolute Gasteiger partial charge is 0.251 e. The number of ether oxygens (including phenoxy) is 1. The molecule has 74 valence electrons. The SMILES string of the molecule is CCc1nnc(OC)c(C#N)c1CC. The summed E-state index contributed by atoms with van der Waals surface area (Å²) >= 11 is 0. The molecule has 4 nitrogen and oxygen atoms in total. The second-order valence-corrected chi connectivity index (χ2v) is 2.83. The maximum Gasteiger partial charge on any atom is 0.251 e. The predicted octanol–water partition coefficient (Wildman–Crippen LogP) is 1.48. The molecule has 0 saturated carbocycles. The Morgan fingerprint density at radius 2 is 2.00 bits per heavy atom. The highest BCUT2D eigenvalue weighted by Crippen LogP contribution is 2.20. The van der Waals surface area contributed by atoms with E-state index in [1.807, 2.05) is 13.8 Å². The van der Waals surface area contributed by atoms with Gasteiger partial charge in [-0.2, -0.15) is 10.4 Å². The van der Waals surface area contributed by atoms with Crippen LogP contribution in [0, 0.1) is 11.3 Å². The Kier molecular flexibility index (Phi) is 3.41. The van der Waals surface area contributed by atoms with E-state index in [4.69, 9.17) is 10.00 Å². The van der Waals surface area contributed by atoms with Crippen LogP contribution in [-0.2, 0) is 12.8 Å². The number of hydrogen-bond donors (Lipinski definition) is 0. The number of rotatable bonds is 3.